The summed E-state index contributed by atoms with van der Waals surface area (Å²) >= 11 is 0. The number of pyridine rings is 1. The first kappa shape index (κ1) is 12.9. The minimum absolute atomic E-state index is 0.0571. The van der Waals surface area contributed by atoms with Crippen LogP contribution < -0.4 is 0 Å². The lowest BCUT2D eigenvalue weighted by Gasteiger charge is -2.36. The zero-order valence-corrected chi connectivity index (χ0v) is 10.2. The Balaban J connectivity index is 1.93. The first-order valence-electron chi connectivity index (χ1n) is 6.27. The Bertz CT molecular complexity index is 477. The SMILES string of the molecule is OC1(c2cncc(C(F)(F)F)c2)CC2CCC(C1)O2. The maximum Gasteiger partial charge on any atom is 0.417 e. The topological polar surface area (TPSA) is 42.4 Å². The lowest BCUT2D eigenvalue weighted by molar-refractivity contribution is -0.138. The average molecular weight is 273 g/mol. The number of aliphatic hydroxyl groups is 1. The van der Waals surface area contributed by atoms with E-state index in [9.17, 15) is 18.3 Å². The molecule has 0 amide bonds. The van der Waals surface area contributed by atoms with Crippen molar-refractivity contribution in [3.05, 3.63) is 29.6 Å². The summed E-state index contributed by atoms with van der Waals surface area (Å²) in [4.78, 5) is 3.62. The number of hydrogen-bond acceptors (Lipinski definition) is 3. The summed E-state index contributed by atoms with van der Waals surface area (Å²) in [6.45, 7) is 0. The van der Waals surface area contributed by atoms with Gasteiger partial charge >= 0.3 is 6.18 Å². The van der Waals surface area contributed by atoms with Crippen LogP contribution in [0.1, 0.15) is 36.8 Å². The van der Waals surface area contributed by atoms with Gasteiger partial charge in [0, 0.05) is 30.8 Å². The van der Waals surface area contributed by atoms with E-state index in [1.807, 2.05) is 0 Å². The van der Waals surface area contributed by atoms with Crippen LogP contribution >= 0.6 is 0 Å². The van der Waals surface area contributed by atoms with Crippen molar-refractivity contribution < 1.29 is 23.0 Å². The predicted molar refractivity (Wildman–Crippen MR) is 60.3 cm³/mol. The summed E-state index contributed by atoms with van der Waals surface area (Å²) in [5, 5.41) is 10.6. The molecule has 1 aromatic rings. The third kappa shape index (κ3) is 2.34. The highest BCUT2D eigenvalue weighted by Gasteiger charge is 2.45. The summed E-state index contributed by atoms with van der Waals surface area (Å²) in [6.07, 6.45) is -0.0567. The van der Waals surface area contributed by atoms with Crippen molar-refractivity contribution >= 4 is 0 Å². The molecular weight excluding hydrogens is 259 g/mol. The molecule has 2 bridgehead atoms. The van der Waals surface area contributed by atoms with Crippen molar-refractivity contribution in [2.45, 2.75) is 49.7 Å². The van der Waals surface area contributed by atoms with Gasteiger partial charge in [-0.15, -0.1) is 0 Å². The molecule has 1 N–H and O–H groups in total. The highest BCUT2D eigenvalue weighted by Crippen LogP contribution is 2.44. The fraction of sp³-hybridized carbons (Fsp3) is 0.615. The molecule has 1 aromatic heterocycles. The van der Waals surface area contributed by atoms with E-state index in [4.69, 9.17) is 4.74 Å². The van der Waals surface area contributed by atoms with Gasteiger partial charge in [-0.25, -0.2) is 0 Å². The summed E-state index contributed by atoms with van der Waals surface area (Å²) in [6, 6.07) is 0.998. The van der Waals surface area contributed by atoms with E-state index in [0.29, 0.717) is 12.8 Å². The van der Waals surface area contributed by atoms with Crippen molar-refractivity contribution in [2.24, 2.45) is 0 Å². The second kappa shape index (κ2) is 4.18. The van der Waals surface area contributed by atoms with Crippen LogP contribution in [0, 0.1) is 0 Å². The largest absolute Gasteiger partial charge is 0.417 e. The fourth-order valence-corrected chi connectivity index (χ4v) is 3.00. The lowest BCUT2D eigenvalue weighted by atomic mass is 9.84. The normalized spacial score (nSPS) is 34.5. The van der Waals surface area contributed by atoms with Gasteiger partial charge in [0.15, 0.2) is 0 Å². The first-order valence-corrected chi connectivity index (χ1v) is 6.27. The van der Waals surface area contributed by atoms with Gasteiger partial charge in [-0.3, -0.25) is 4.98 Å². The van der Waals surface area contributed by atoms with Crippen LogP contribution in [0.25, 0.3) is 0 Å². The van der Waals surface area contributed by atoms with Crippen LogP contribution in [0.15, 0.2) is 18.5 Å². The summed E-state index contributed by atoms with van der Waals surface area (Å²) in [5.74, 6) is 0. The molecule has 3 nitrogen and oxygen atoms in total. The molecule has 2 unspecified atom stereocenters. The van der Waals surface area contributed by atoms with Crippen LogP contribution in [-0.2, 0) is 16.5 Å². The Labute approximate surface area is 108 Å². The summed E-state index contributed by atoms with van der Waals surface area (Å²) in [7, 11) is 0. The smallest absolute Gasteiger partial charge is 0.385 e. The monoisotopic (exact) mass is 273 g/mol. The molecule has 2 aliphatic rings. The van der Waals surface area contributed by atoms with Crippen LogP contribution in [0.2, 0.25) is 0 Å². The van der Waals surface area contributed by atoms with Crippen LogP contribution in [-0.4, -0.2) is 22.3 Å². The zero-order chi connectivity index (χ0) is 13.7. The second-order valence-electron chi connectivity index (χ2n) is 5.36. The number of fused-ring (bicyclic) bond motifs is 2. The van der Waals surface area contributed by atoms with E-state index in [0.717, 1.165) is 25.1 Å². The highest BCUT2D eigenvalue weighted by atomic mass is 19.4. The molecule has 3 rings (SSSR count). The average Bonchev–Trinajstić information content (AvgIpc) is 2.68. The Hall–Kier alpha value is -1.14. The lowest BCUT2D eigenvalue weighted by Crippen LogP contribution is -2.38. The molecule has 0 aliphatic carbocycles. The molecule has 0 spiro atoms. The van der Waals surface area contributed by atoms with E-state index < -0.39 is 17.3 Å². The van der Waals surface area contributed by atoms with Crippen LogP contribution in [0.3, 0.4) is 0 Å². The zero-order valence-electron chi connectivity index (χ0n) is 10.2. The standard InChI is InChI=1S/C13H14F3NO2/c14-13(15,16)9-3-8(6-17-7-9)12(18)4-10-1-2-11(5-12)19-10/h3,6-7,10-11,18H,1-2,4-5H2. The van der Waals surface area contributed by atoms with Gasteiger partial charge in [0.1, 0.15) is 0 Å². The van der Waals surface area contributed by atoms with Crippen molar-refractivity contribution in [2.75, 3.05) is 0 Å². The number of hydrogen-bond donors (Lipinski definition) is 1. The molecule has 2 fully saturated rings. The number of alkyl halides is 3. The maximum absolute atomic E-state index is 12.7. The molecule has 0 aromatic carbocycles. The van der Waals surface area contributed by atoms with Crippen molar-refractivity contribution in [3.63, 3.8) is 0 Å². The van der Waals surface area contributed by atoms with Crippen LogP contribution in [0.4, 0.5) is 13.2 Å². The Morgan fingerprint density at radius 1 is 1.21 bits per heavy atom. The van der Waals surface area contributed by atoms with E-state index in [1.54, 1.807) is 0 Å². The van der Waals surface area contributed by atoms with E-state index in [2.05, 4.69) is 4.98 Å². The van der Waals surface area contributed by atoms with Crippen molar-refractivity contribution in [3.8, 4) is 0 Å². The predicted octanol–water partition coefficient (Wildman–Crippen LogP) is 2.63. The minimum Gasteiger partial charge on any atom is -0.385 e. The molecule has 2 atom stereocenters. The second-order valence-corrected chi connectivity index (χ2v) is 5.36. The molecule has 0 radical (unpaired) electrons. The van der Waals surface area contributed by atoms with E-state index in [-0.39, 0.29) is 17.8 Å². The molecular formula is C13H14F3NO2. The molecule has 19 heavy (non-hydrogen) atoms. The number of ether oxygens (including phenoxy) is 1. The Kier molecular flexibility index (Phi) is 2.83. The molecule has 2 saturated heterocycles. The van der Waals surface area contributed by atoms with Gasteiger partial charge in [-0.2, -0.15) is 13.2 Å². The van der Waals surface area contributed by atoms with E-state index in [1.165, 1.54) is 6.20 Å². The van der Waals surface area contributed by atoms with Gasteiger partial charge in [-0.05, 0) is 18.9 Å². The molecule has 104 valence electrons. The molecule has 6 heteroatoms. The van der Waals surface area contributed by atoms with Gasteiger partial charge in [0.25, 0.3) is 0 Å². The third-order valence-corrected chi connectivity index (χ3v) is 3.93. The van der Waals surface area contributed by atoms with Crippen molar-refractivity contribution in [1.29, 1.82) is 0 Å². The third-order valence-electron chi connectivity index (χ3n) is 3.93. The molecule has 2 aliphatic heterocycles. The van der Waals surface area contributed by atoms with Gasteiger partial charge < -0.3 is 9.84 Å². The number of halogens is 3. The van der Waals surface area contributed by atoms with Gasteiger partial charge in [0.05, 0.1) is 23.4 Å². The Morgan fingerprint density at radius 3 is 2.42 bits per heavy atom. The number of rotatable bonds is 1. The fourth-order valence-electron chi connectivity index (χ4n) is 3.00. The molecule has 0 saturated carbocycles. The molecule has 3 heterocycles. The maximum atomic E-state index is 12.7. The van der Waals surface area contributed by atoms with Crippen molar-refractivity contribution in [1.82, 2.24) is 4.98 Å². The van der Waals surface area contributed by atoms with Crippen LogP contribution in [0.5, 0.6) is 0 Å². The Morgan fingerprint density at radius 2 is 1.84 bits per heavy atom. The van der Waals surface area contributed by atoms with Gasteiger partial charge in [-0.1, -0.05) is 0 Å². The van der Waals surface area contributed by atoms with E-state index >= 15 is 0 Å². The summed E-state index contributed by atoms with van der Waals surface area (Å²) < 4.78 is 43.6. The number of nitrogens with zero attached hydrogens (tertiary/aromatic N) is 1. The quantitative estimate of drug-likeness (QED) is 0.855. The first-order chi connectivity index (χ1) is 8.87. The van der Waals surface area contributed by atoms with Gasteiger partial charge in [0.2, 0.25) is 0 Å². The summed E-state index contributed by atoms with van der Waals surface area (Å²) in [5.41, 5.74) is -1.84. The number of aromatic nitrogens is 1. The highest BCUT2D eigenvalue weighted by molar-refractivity contribution is 5.27. The minimum atomic E-state index is -4.44.